The molecule has 0 fully saturated rings. The molecule has 0 saturated carbocycles. The van der Waals surface area contributed by atoms with Gasteiger partial charge >= 0.3 is 0 Å². The Labute approximate surface area is 162 Å². The van der Waals surface area contributed by atoms with Gasteiger partial charge in [-0.05, 0) is 42.8 Å². The van der Waals surface area contributed by atoms with Gasteiger partial charge in [0.05, 0.1) is 11.6 Å². The highest BCUT2D eigenvalue weighted by atomic mass is 35.5. The Hall–Kier alpha value is -2.93. The second-order valence-electron chi connectivity index (χ2n) is 6.09. The molecule has 0 unspecified atom stereocenters. The van der Waals surface area contributed by atoms with Crippen molar-refractivity contribution in [3.8, 4) is 17.1 Å². The first-order valence-electron chi connectivity index (χ1n) is 8.52. The molecule has 0 aliphatic heterocycles. The molecule has 0 aliphatic carbocycles. The molecular formula is C19H20ClN5O2. The molecule has 7 nitrogen and oxygen atoms in total. The number of aryl methyl sites for hydroxylation is 2. The second-order valence-corrected chi connectivity index (χ2v) is 6.50. The minimum Gasteiger partial charge on any atom is -0.491 e. The van der Waals surface area contributed by atoms with Crippen molar-refractivity contribution in [2.45, 2.75) is 20.4 Å². The van der Waals surface area contributed by atoms with E-state index in [9.17, 15) is 4.79 Å². The molecule has 0 bridgehead atoms. The van der Waals surface area contributed by atoms with Crippen molar-refractivity contribution in [3.63, 3.8) is 0 Å². The zero-order valence-corrected chi connectivity index (χ0v) is 15.9. The van der Waals surface area contributed by atoms with E-state index in [1.807, 2.05) is 38.1 Å². The number of hydrogen-bond acceptors (Lipinski definition) is 5. The molecule has 1 amide bonds. The van der Waals surface area contributed by atoms with Gasteiger partial charge in [0.2, 0.25) is 11.7 Å². The van der Waals surface area contributed by atoms with Crippen molar-refractivity contribution in [2.24, 2.45) is 0 Å². The molecule has 140 valence electrons. The Kier molecular flexibility index (Phi) is 6.03. The Morgan fingerprint density at radius 1 is 1.22 bits per heavy atom. The van der Waals surface area contributed by atoms with Gasteiger partial charge in [0.1, 0.15) is 18.9 Å². The maximum Gasteiger partial charge on any atom is 0.243 e. The van der Waals surface area contributed by atoms with Gasteiger partial charge in [-0.2, -0.15) is 4.80 Å². The summed E-state index contributed by atoms with van der Waals surface area (Å²) in [6, 6.07) is 13.2. The highest BCUT2D eigenvalue weighted by Crippen LogP contribution is 2.23. The predicted molar refractivity (Wildman–Crippen MR) is 103 cm³/mol. The monoisotopic (exact) mass is 385 g/mol. The van der Waals surface area contributed by atoms with E-state index >= 15 is 0 Å². The molecule has 3 aromatic rings. The average molecular weight is 386 g/mol. The lowest BCUT2D eigenvalue weighted by molar-refractivity contribution is -0.122. The minimum atomic E-state index is -0.220. The van der Waals surface area contributed by atoms with Crippen molar-refractivity contribution in [3.05, 3.63) is 58.6 Å². The maximum atomic E-state index is 12.0. The zero-order valence-electron chi connectivity index (χ0n) is 15.1. The molecule has 0 aliphatic rings. The van der Waals surface area contributed by atoms with E-state index in [0.29, 0.717) is 29.6 Å². The molecule has 27 heavy (non-hydrogen) atoms. The van der Waals surface area contributed by atoms with Crippen molar-refractivity contribution >= 4 is 17.5 Å². The van der Waals surface area contributed by atoms with Crippen molar-refractivity contribution in [1.82, 2.24) is 25.5 Å². The number of carbonyl (C=O) groups is 1. The summed E-state index contributed by atoms with van der Waals surface area (Å²) in [5.41, 5.74) is 2.93. The summed E-state index contributed by atoms with van der Waals surface area (Å²) in [4.78, 5) is 13.3. The molecule has 8 heteroatoms. The van der Waals surface area contributed by atoms with Gasteiger partial charge < -0.3 is 10.1 Å². The zero-order chi connectivity index (χ0) is 19.2. The molecule has 3 rings (SSSR count). The van der Waals surface area contributed by atoms with Gasteiger partial charge in [-0.3, -0.25) is 4.79 Å². The average Bonchev–Trinajstić information content (AvgIpc) is 3.08. The molecular weight excluding hydrogens is 366 g/mol. The number of aromatic nitrogens is 4. The van der Waals surface area contributed by atoms with Crippen molar-refractivity contribution in [1.29, 1.82) is 0 Å². The van der Waals surface area contributed by atoms with E-state index in [2.05, 4.69) is 26.8 Å². The SMILES string of the molecule is Cc1ccc(OCCNC(=O)Cn2nnc(-c3ccccc3Cl)n2)c(C)c1. The van der Waals surface area contributed by atoms with Gasteiger partial charge in [-0.25, -0.2) is 0 Å². The first-order chi connectivity index (χ1) is 13.0. The maximum absolute atomic E-state index is 12.0. The van der Waals surface area contributed by atoms with Crippen LogP contribution in [0.3, 0.4) is 0 Å². The smallest absolute Gasteiger partial charge is 0.243 e. The molecule has 1 aromatic heterocycles. The molecule has 0 atom stereocenters. The summed E-state index contributed by atoms with van der Waals surface area (Å²) in [7, 11) is 0. The fourth-order valence-corrected chi connectivity index (χ4v) is 2.78. The quantitative estimate of drug-likeness (QED) is 0.632. The largest absolute Gasteiger partial charge is 0.491 e. The number of hydrogen-bond donors (Lipinski definition) is 1. The number of nitrogens with zero attached hydrogens (tertiary/aromatic N) is 4. The fraction of sp³-hybridized carbons (Fsp3) is 0.263. The number of rotatable bonds is 7. The molecule has 1 heterocycles. The molecule has 2 aromatic carbocycles. The summed E-state index contributed by atoms with van der Waals surface area (Å²) in [6.45, 7) is 4.77. The van der Waals surface area contributed by atoms with Crippen LogP contribution in [0.1, 0.15) is 11.1 Å². The fourth-order valence-electron chi connectivity index (χ4n) is 2.56. The first-order valence-corrected chi connectivity index (χ1v) is 8.90. The van der Waals surface area contributed by atoms with Crippen LogP contribution in [-0.4, -0.2) is 39.3 Å². The highest BCUT2D eigenvalue weighted by Gasteiger charge is 2.11. The lowest BCUT2D eigenvalue weighted by atomic mass is 10.1. The van der Waals surface area contributed by atoms with Gasteiger partial charge in [-0.1, -0.05) is 41.4 Å². The van der Waals surface area contributed by atoms with E-state index in [-0.39, 0.29) is 12.5 Å². The Morgan fingerprint density at radius 3 is 2.81 bits per heavy atom. The van der Waals surface area contributed by atoms with Gasteiger partial charge in [0.15, 0.2) is 0 Å². The van der Waals surface area contributed by atoms with Crippen LogP contribution < -0.4 is 10.1 Å². The van der Waals surface area contributed by atoms with E-state index in [0.717, 1.165) is 11.3 Å². The van der Waals surface area contributed by atoms with Gasteiger partial charge in [0.25, 0.3) is 0 Å². The second kappa shape index (κ2) is 8.64. The number of nitrogens with one attached hydrogen (secondary N) is 1. The normalized spacial score (nSPS) is 10.6. The number of carbonyl (C=O) groups excluding carboxylic acids is 1. The van der Waals surface area contributed by atoms with Crippen LogP contribution in [0, 0.1) is 13.8 Å². The van der Waals surface area contributed by atoms with E-state index in [1.165, 1.54) is 10.4 Å². The van der Waals surface area contributed by atoms with Crippen molar-refractivity contribution < 1.29 is 9.53 Å². The first kappa shape index (κ1) is 18.8. The molecule has 1 N–H and O–H groups in total. The third-order valence-corrected chi connectivity index (χ3v) is 4.19. The Balaban J connectivity index is 1.46. The van der Waals surface area contributed by atoms with Crippen LogP contribution in [0.2, 0.25) is 5.02 Å². The summed E-state index contributed by atoms with van der Waals surface area (Å²) in [5, 5.41) is 15.3. The van der Waals surface area contributed by atoms with Crippen LogP contribution in [0.15, 0.2) is 42.5 Å². The summed E-state index contributed by atoms with van der Waals surface area (Å²) in [5.74, 6) is 0.978. The lowest BCUT2D eigenvalue weighted by Gasteiger charge is -2.10. The van der Waals surface area contributed by atoms with E-state index in [1.54, 1.807) is 12.1 Å². The molecule has 0 spiro atoms. The number of ether oxygens (including phenoxy) is 1. The topological polar surface area (TPSA) is 81.9 Å². The van der Waals surface area contributed by atoms with Crippen LogP contribution in [0.5, 0.6) is 5.75 Å². The van der Waals surface area contributed by atoms with Crippen LogP contribution >= 0.6 is 11.6 Å². The third-order valence-electron chi connectivity index (χ3n) is 3.86. The minimum absolute atomic E-state index is 0.0268. The van der Waals surface area contributed by atoms with Crippen molar-refractivity contribution in [2.75, 3.05) is 13.2 Å². The third kappa shape index (κ3) is 5.04. The van der Waals surface area contributed by atoms with Crippen LogP contribution in [0.25, 0.3) is 11.4 Å². The van der Waals surface area contributed by atoms with E-state index < -0.39 is 0 Å². The summed E-state index contributed by atoms with van der Waals surface area (Å²) >= 11 is 6.12. The Morgan fingerprint density at radius 2 is 2.04 bits per heavy atom. The molecule has 0 saturated heterocycles. The number of amides is 1. The number of halogens is 1. The summed E-state index contributed by atoms with van der Waals surface area (Å²) in [6.07, 6.45) is 0. The summed E-state index contributed by atoms with van der Waals surface area (Å²) < 4.78 is 5.69. The van der Waals surface area contributed by atoms with Gasteiger partial charge in [0, 0.05) is 5.56 Å². The van der Waals surface area contributed by atoms with Crippen LogP contribution in [0.4, 0.5) is 0 Å². The van der Waals surface area contributed by atoms with E-state index in [4.69, 9.17) is 16.3 Å². The standard InChI is InChI=1S/C19H20ClN5O2/c1-13-7-8-17(14(2)11-13)27-10-9-21-18(26)12-25-23-19(22-24-25)15-5-3-4-6-16(15)20/h3-8,11H,9-10,12H2,1-2H3,(H,21,26). The predicted octanol–water partition coefficient (Wildman–Crippen LogP) is 2.81. The highest BCUT2D eigenvalue weighted by molar-refractivity contribution is 6.33. The van der Waals surface area contributed by atoms with Crippen LogP contribution in [-0.2, 0) is 11.3 Å². The number of benzene rings is 2. The molecule has 0 radical (unpaired) electrons. The Bertz CT molecular complexity index is 941. The van der Waals surface area contributed by atoms with Gasteiger partial charge in [-0.15, -0.1) is 10.2 Å². The lowest BCUT2D eigenvalue weighted by Crippen LogP contribution is -2.31. The number of tetrazole rings is 1.